The molecule has 0 saturated heterocycles. The quantitative estimate of drug-likeness (QED) is 0.592. The fraction of sp³-hybridized carbons (Fsp3) is 0.130. The molecule has 0 aliphatic heterocycles. The highest BCUT2D eigenvalue weighted by Crippen LogP contribution is 2.29. The van der Waals surface area contributed by atoms with Crippen molar-refractivity contribution in [3.05, 3.63) is 83.4 Å². The van der Waals surface area contributed by atoms with Crippen LogP contribution < -0.4 is 10.6 Å². The van der Waals surface area contributed by atoms with Gasteiger partial charge < -0.3 is 10.6 Å². The number of benzene rings is 3. The fourth-order valence-corrected chi connectivity index (χ4v) is 3.47. The van der Waals surface area contributed by atoms with Crippen LogP contribution in [0.5, 0.6) is 0 Å². The SMILES string of the molecule is O=C(Nc1cccc(F)c1)Nc1ccc(-c2ccc3c(c2)CCCC3=O)cc1F. The zero-order chi connectivity index (χ0) is 20.4. The third-order valence-electron chi connectivity index (χ3n) is 4.89. The number of nitrogens with one attached hydrogen (secondary N) is 2. The van der Waals surface area contributed by atoms with Crippen molar-refractivity contribution >= 4 is 23.2 Å². The molecule has 0 saturated carbocycles. The van der Waals surface area contributed by atoms with E-state index in [9.17, 15) is 18.4 Å². The molecule has 2 amide bonds. The van der Waals surface area contributed by atoms with E-state index in [0.29, 0.717) is 12.0 Å². The maximum atomic E-state index is 14.5. The Hall–Kier alpha value is -3.54. The smallest absolute Gasteiger partial charge is 0.308 e. The maximum Gasteiger partial charge on any atom is 0.323 e. The standard InChI is InChI=1S/C23H18F2N2O2/c24-17-4-2-5-18(13-17)26-23(29)27-21-10-8-15(12-20(21)25)14-7-9-19-16(11-14)3-1-6-22(19)28/h2,4-5,7-13H,1,3,6H2,(H2,26,27,29). The number of urea groups is 1. The van der Waals surface area contributed by atoms with Gasteiger partial charge in [0.25, 0.3) is 0 Å². The molecule has 0 radical (unpaired) electrons. The van der Waals surface area contributed by atoms with Crippen molar-refractivity contribution in [3.8, 4) is 11.1 Å². The Morgan fingerprint density at radius 2 is 1.66 bits per heavy atom. The summed E-state index contributed by atoms with van der Waals surface area (Å²) in [6, 6.07) is 14.8. The second-order valence-electron chi connectivity index (χ2n) is 6.93. The Balaban J connectivity index is 1.51. The van der Waals surface area contributed by atoms with Crippen LogP contribution in [-0.4, -0.2) is 11.8 Å². The van der Waals surface area contributed by atoms with Crippen molar-refractivity contribution < 1.29 is 18.4 Å². The van der Waals surface area contributed by atoms with Gasteiger partial charge in [-0.15, -0.1) is 0 Å². The second kappa shape index (κ2) is 7.83. The Labute approximate surface area is 166 Å². The molecule has 3 aromatic rings. The Bertz CT molecular complexity index is 1110. The number of hydrogen-bond acceptors (Lipinski definition) is 2. The molecule has 3 aromatic carbocycles. The molecule has 0 unspecified atom stereocenters. The molecule has 1 aliphatic carbocycles. The molecule has 2 N–H and O–H groups in total. The minimum atomic E-state index is -0.672. The van der Waals surface area contributed by atoms with E-state index in [2.05, 4.69) is 10.6 Å². The van der Waals surface area contributed by atoms with Gasteiger partial charge in [0.05, 0.1) is 5.69 Å². The number of amides is 2. The van der Waals surface area contributed by atoms with Crippen LogP contribution in [-0.2, 0) is 6.42 Å². The lowest BCUT2D eigenvalue weighted by Crippen LogP contribution is -2.20. The van der Waals surface area contributed by atoms with Crippen molar-refractivity contribution in [2.75, 3.05) is 10.6 Å². The third kappa shape index (κ3) is 4.16. The number of rotatable bonds is 3. The second-order valence-corrected chi connectivity index (χ2v) is 6.93. The number of hydrogen-bond donors (Lipinski definition) is 2. The van der Waals surface area contributed by atoms with E-state index < -0.39 is 17.7 Å². The maximum absolute atomic E-state index is 14.5. The van der Waals surface area contributed by atoms with Crippen LogP contribution in [0.25, 0.3) is 11.1 Å². The van der Waals surface area contributed by atoms with Gasteiger partial charge in [0, 0.05) is 17.7 Å². The highest BCUT2D eigenvalue weighted by Gasteiger charge is 2.18. The summed E-state index contributed by atoms with van der Waals surface area (Å²) in [7, 11) is 0. The molecular weight excluding hydrogens is 374 g/mol. The minimum Gasteiger partial charge on any atom is -0.308 e. The van der Waals surface area contributed by atoms with Gasteiger partial charge in [-0.25, -0.2) is 13.6 Å². The van der Waals surface area contributed by atoms with Crippen LogP contribution in [0.3, 0.4) is 0 Å². The van der Waals surface area contributed by atoms with Gasteiger partial charge in [-0.05, 0) is 59.9 Å². The van der Waals surface area contributed by atoms with E-state index >= 15 is 0 Å². The van der Waals surface area contributed by atoms with E-state index in [4.69, 9.17) is 0 Å². The Morgan fingerprint density at radius 1 is 0.862 bits per heavy atom. The summed E-state index contributed by atoms with van der Waals surface area (Å²) in [5, 5.41) is 4.87. The molecule has 0 heterocycles. The van der Waals surface area contributed by atoms with Gasteiger partial charge in [-0.1, -0.05) is 30.3 Å². The largest absolute Gasteiger partial charge is 0.323 e. The van der Waals surface area contributed by atoms with Crippen LogP contribution >= 0.6 is 0 Å². The first-order valence-electron chi connectivity index (χ1n) is 9.29. The van der Waals surface area contributed by atoms with E-state index in [1.54, 1.807) is 18.2 Å². The Morgan fingerprint density at radius 3 is 2.45 bits per heavy atom. The van der Waals surface area contributed by atoms with Crippen molar-refractivity contribution in [1.29, 1.82) is 0 Å². The summed E-state index contributed by atoms with van der Waals surface area (Å²) >= 11 is 0. The number of fused-ring (bicyclic) bond motifs is 1. The summed E-state index contributed by atoms with van der Waals surface area (Å²) in [4.78, 5) is 24.0. The van der Waals surface area contributed by atoms with Gasteiger partial charge in [-0.2, -0.15) is 0 Å². The normalized spacial score (nSPS) is 13.0. The minimum absolute atomic E-state index is 0.00999. The summed E-state index contributed by atoms with van der Waals surface area (Å²) in [6.07, 6.45) is 2.23. The van der Waals surface area contributed by atoms with Crippen molar-refractivity contribution in [3.63, 3.8) is 0 Å². The van der Waals surface area contributed by atoms with E-state index in [0.717, 1.165) is 29.5 Å². The summed E-state index contributed by atoms with van der Waals surface area (Å²) in [5.74, 6) is -0.927. The van der Waals surface area contributed by atoms with Gasteiger partial charge >= 0.3 is 6.03 Å². The lowest BCUT2D eigenvalue weighted by Gasteiger charge is -2.16. The van der Waals surface area contributed by atoms with E-state index in [1.165, 1.54) is 36.4 Å². The van der Waals surface area contributed by atoms with Crippen molar-refractivity contribution in [2.45, 2.75) is 19.3 Å². The number of ketones is 1. The molecule has 1 aliphatic rings. The highest BCUT2D eigenvalue weighted by molar-refractivity contribution is 6.00. The monoisotopic (exact) mass is 392 g/mol. The van der Waals surface area contributed by atoms with Crippen molar-refractivity contribution in [1.82, 2.24) is 0 Å². The highest BCUT2D eigenvalue weighted by atomic mass is 19.1. The average Bonchev–Trinajstić information content (AvgIpc) is 2.69. The molecule has 0 spiro atoms. The summed E-state index contributed by atoms with van der Waals surface area (Å²) < 4.78 is 27.7. The van der Waals surface area contributed by atoms with E-state index in [1.807, 2.05) is 6.07 Å². The van der Waals surface area contributed by atoms with Gasteiger partial charge in [-0.3, -0.25) is 4.79 Å². The molecule has 4 nitrogen and oxygen atoms in total. The van der Waals surface area contributed by atoms with Crippen LogP contribution in [0.4, 0.5) is 25.0 Å². The number of carbonyl (C=O) groups is 2. The van der Waals surface area contributed by atoms with Gasteiger partial charge in [0.2, 0.25) is 0 Å². The Kier molecular flexibility index (Phi) is 5.08. The average molecular weight is 392 g/mol. The van der Waals surface area contributed by atoms with Crippen LogP contribution in [0.2, 0.25) is 0 Å². The molecule has 146 valence electrons. The number of aryl methyl sites for hydroxylation is 1. The number of Topliss-reactive ketones (excluding diaryl/α,β-unsaturated/α-hetero) is 1. The molecule has 0 aromatic heterocycles. The lowest BCUT2D eigenvalue weighted by molar-refractivity contribution is 0.0972. The molecular formula is C23H18F2N2O2. The summed E-state index contributed by atoms with van der Waals surface area (Å²) in [6.45, 7) is 0. The topological polar surface area (TPSA) is 58.2 Å². The molecule has 0 atom stereocenters. The van der Waals surface area contributed by atoms with Crippen LogP contribution in [0.15, 0.2) is 60.7 Å². The number of carbonyl (C=O) groups excluding carboxylic acids is 2. The first-order valence-corrected chi connectivity index (χ1v) is 9.29. The van der Waals surface area contributed by atoms with Crippen LogP contribution in [0.1, 0.15) is 28.8 Å². The molecule has 0 bridgehead atoms. The lowest BCUT2D eigenvalue weighted by atomic mass is 9.88. The predicted molar refractivity (Wildman–Crippen MR) is 108 cm³/mol. The zero-order valence-corrected chi connectivity index (χ0v) is 15.5. The first kappa shape index (κ1) is 18.8. The molecule has 29 heavy (non-hydrogen) atoms. The van der Waals surface area contributed by atoms with Crippen molar-refractivity contribution in [2.24, 2.45) is 0 Å². The zero-order valence-electron chi connectivity index (χ0n) is 15.5. The van der Waals surface area contributed by atoms with Gasteiger partial charge in [0.1, 0.15) is 11.6 Å². The first-order chi connectivity index (χ1) is 14.0. The summed E-state index contributed by atoms with van der Waals surface area (Å²) in [5.41, 5.74) is 3.47. The number of halogens is 2. The molecule has 4 rings (SSSR count). The molecule has 6 heteroatoms. The molecule has 0 fully saturated rings. The van der Waals surface area contributed by atoms with Crippen LogP contribution in [0, 0.1) is 11.6 Å². The van der Waals surface area contributed by atoms with Gasteiger partial charge in [0.15, 0.2) is 5.78 Å². The third-order valence-corrected chi connectivity index (χ3v) is 4.89. The number of anilines is 2. The van der Waals surface area contributed by atoms with E-state index in [-0.39, 0.29) is 17.2 Å². The fourth-order valence-electron chi connectivity index (χ4n) is 3.47. The predicted octanol–water partition coefficient (Wildman–Crippen LogP) is 5.79.